The first-order valence-electron chi connectivity index (χ1n) is 6.73. The van der Waals surface area contributed by atoms with E-state index in [9.17, 15) is 18.0 Å². The Balaban J connectivity index is 2.33. The molecule has 1 fully saturated rings. The molecule has 0 spiro atoms. The Bertz CT molecular complexity index is 461. The molecule has 104 valence electrons. The summed E-state index contributed by atoms with van der Waals surface area (Å²) in [5.41, 5.74) is -0.577. The van der Waals surface area contributed by atoms with Crippen LogP contribution in [0.25, 0.3) is 0 Å². The fraction of sp³-hybridized carbons (Fsp3) is 0.533. The average Bonchev–Trinajstić information content (AvgIpc) is 2.37. The second-order valence-electron chi connectivity index (χ2n) is 5.17. The van der Waals surface area contributed by atoms with Crippen molar-refractivity contribution in [3.63, 3.8) is 0 Å². The molecular formula is C15H17F3O. The lowest BCUT2D eigenvalue weighted by molar-refractivity contribution is 0.0811. The molecule has 0 heterocycles. The van der Waals surface area contributed by atoms with Gasteiger partial charge < -0.3 is 0 Å². The molecule has 1 aliphatic rings. The minimum absolute atomic E-state index is 0.171. The predicted molar refractivity (Wildman–Crippen MR) is 66.4 cm³/mol. The predicted octanol–water partition coefficient (Wildman–Crippen LogP) is 4.50. The first-order chi connectivity index (χ1) is 9.04. The minimum atomic E-state index is -1.09. The minimum Gasteiger partial charge on any atom is -0.294 e. The molecule has 2 atom stereocenters. The molecule has 2 rings (SSSR count). The van der Waals surface area contributed by atoms with E-state index in [0.717, 1.165) is 25.7 Å². The van der Waals surface area contributed by atoms with Crippen molar-refractivity contribution in [3.8, 4) is 0 Å². The van der Waals surface area contributed by atoms with E-state index < -0.39 is 28.8 Å². The van der Waals surface area contributed by atoms with Gasteiger partial charge in [0.05, 0.1) is 5.56 Å². The van der Waals surface area contributed by atoms with Gasteiger partial charge in [0.15, 0.2) is 5.78 Å². The van der Waals surface area contributed by atoms with Crippen LogP contribution >= 0.6 is 0 Å². The molecule has 1 nitrogen and oxygen atoms in total. The van der Waals surface area contributed by atoms with Crippen LogP contribution in [0.2, 0.25) is 0 Å². The fourth-order valence-corrected chi connectivity index (χ4v) is 3.00. The Labute approximate surface area is 110 Å². The number of benzene rings is 1. The highest BCUT2D eigenvalue weighted by Gasteiger charge is 2.33. The van der Waals surface area contributed by atoms with Gasteiger partial charge in [0.25, 0.3) is 0 Å². The first kappa shape index (κ1) is 14.1. The van der Waals surface area contributed by atoms with Crippen molar-refractivity contribution in [1.82, 2.24) is 0 Å². The van der Waals surface area contributed by atoms with Gasteiger partial charge in [0, 0.05) is 18.1 Å². The number of carbonyl (C=O) groups excluding carboxylic acids is 1. The molecule has 0 saturated heterocycles. The lowest BCUT2D eigenvalue weighted by Crippen LogP contribution is -2.28. The molecule has 1 aliphatic carbocycles. The molecule has 2 unspecified atom stereocenters. The summed E-state index contributed by atoms with van der Waals surface area (Å²) in [6, 6.07) is 1.14. The van der Waals surface area contributed by atoms with Crippen molar-refractivity contribution in [2.45, 2.75) is 39.0 Å². The van der Waals surface area contributed by atoms with Crippen molar-refractivity contribution in [2.75, 3.05) is 0 Å². The molecule has 0 aliphatic heterocycles. The monoisotopic (exact) mass is 270 g/mol. The van der Waals surface area contributed by atoms with Gasteiger partial charge in [0.2, 0.25) is 0 Å². The molecule has 0 aromatic heterocycles. The van der Waals surface area contributed by atoms with Crippen LogP contribution < -0.4 is 0 Å². The third kappa shape index (κ3) is 2.82. The quantitative estimate of drug-likeness (QED) is 0.739. The van der Waals surface area contributed by atoms with Gasteiger partial charge >= 0.3 is 0 Å². The maximum atomic E-state index is 13.6. The van der Waals surface area contributed by atoms with Crippen molar-refractivity contribution in [2.24, 2.45) is 11.8 Å². The van der Waals surface area contributed by atoms with Crippen LogP contribution in [0.15, 0.2) is 12.1 Å². The van der Waals surface area contributed by atoms with Gasteiger partial charge in [-0.3, -0.25) is 4.79 Å². The number of halogens is 3. The Morgan fingerprint density at radius 2 is 1.74 bits per heavy atom. The third-order valence-electron chi connectivity index (χ3n) is 4.02. The van der Waals surface area contributed by atoms with Crippen LogP contribution in [-0.4, -0.2) is 5.78 Å². The largest absolute Gasteiger partial charge is 0.294 e. The van der Waals surface area contributed by atoms with Gasteiger partial charge in [-0.15, -0.1) is 0 Å². The first-order valence-corrected chi connectivity index (χ1v) is 6.73. The number of carbonyl (C=O) groups is 1. The van der Waals surface area contributed by atoms with E-state index >= 15 is 0 Å². The number of Topliss-reactive ketones (excluding diaryl/α,β-unsaturated/α-hetero) is 1. The highest BCUT2D eigenvalue weighted by Crippen LogP contribution is 2.35. The number of rotatable bonds is 3. The second-order valence-corrected chi connectivity index (χ2v) is 5.17. The number of ketones is 1. The Kier molecular flexibility index (Phi) is 4.27. The Hall–Kier alpha value is -1.32. The molecule has 1 aromatic rings. The van der Waals surface area contributed by atoms with E-state index in [4.69, 9.17) is 0 Å². The zero-order chi connectivity index (χ0) is 14.0. The highest BCUT2D eigenvalue weighted by molar-refractivity contribution is 5.98. The lowest BCUT2D eigenvalue weighted by Gasteiger charge is -2.29. The van der Waals surface area contributed by atoms with Gasteiger partial charge in [-0.25, -0.2) is 13.2 Å². The summed E-state index contributed by atoms with van der Waals surface area (Å²) < 4.78 is 40.2. The van der Waals surface area contributed by atoms with Crippen LogP contribution in [0.5, 0.6) is 0 Å². The zero-order valence-corrected chi connectivity index (χ0v) is 10.9. The van der Waals surface area contributed by atoms with E-state index in [1.54, 1.807) is 0 Å². The number of hydrogen-bond acceptors (Lipinski definition) is 1. The highest BCUT2D eigenvalue weighted by atomic mass is 19.1. The Morgan fingerprint density at radius 1 is 1.16 bits per heavy atom. The van der Waals surface area contributed by atoms with Gasteiger partial charge in [-0.1, -0.05) is 26.2 Å². The van der Waals surface area contributed by atoms with E-state index in [0.29, 0.717) is 18.6 Å². The molecule has 1 aromatic carbocycles. The maximum absolute atomic E-state index is 13.6. The van der Waals surface area contributed by atoms with Gasteiger partial charge in [0.1, 0.15) is 17.5 Å². The molecule has 0 N–H and O–H groups in total. The van der Waals surface area contributed by atoms with Crippen molar-refractivity contribution < 1.29 is 18.0 Å². The summed E-state index contributed by atoms with van der Waals surface area (Å²) in [6.07, 6.45) is 4.35. The molecule has 1 saturated carbocycles. The Morgan fingerprint density at radius 3 is 2.32 bits per heavy atom. The molecule has 0 radical (unpaired) electrons. The fourth-order valence-electron chi connectivity index (χ4n) is 3.00. The van der Waals surface area contributed by atoms with E-state index in [2.05, 4.69) is 0 Å². The second kappa shape index (κ2) is 5.76. The standard InChI is InChI=1S/C15H17F3O/c1-2-9-5-3-4-6-11(9)15(19)14-12(17)7-10(16)8-13(14)18/h7-9,11H,2-6H2,1H3. The lowest BCUT2D eigenvalue weighted by atomic mass is 9.74. The number of hydrogen-bond donors (Lipinski definition) is 0. The van der Waals surface area contributed by atoms with Gasteiger partial charge in [-0.2, -0.15) is 0 Å². The van der Waals surface area contributed by atoms with Crippen LogP contribution in [-0.2, 0) is 0 Å². The van der Waals surface area contributed by atoms with E-state index in [-0.39, 0.29) is 11.8 Å². The molecule has 19 heavy (non-hydrogen) atoms. The maximum Gasteiger partial charge on any atom is 0.172 e. The van der Waals surface area contributed by atoms with E-state index in [1.165, 1.54) is 0 Å². The smallest absolute Gasteiger partial charge is 0.172 e. The van der Waals surface area contributed by atoms with Crippen molar-refractivity contribution >= 4 is 5.78 Å². The van der Waals surface area contributed by atoms with Crippen molar-refractivity contribution in [3.05, 3.63) is 35.1 Å². The van der Waals surface area contributed by atoms with Crippen LogP contribution in [0.1, 0.15) is 49.4 Å². The third-order valence-corrected chi connectivity index (χ3v) is 4.02. The molecule has 0 bridgehead atoms. The van der Waals surface area contributed by atoms with Crippen LogP contribution in [0, 0.1) is 29.3 Å². The molecule has 0 amide bonds. The SMILES string of the molecule is CCC1CCCCC1C(=O)c1c(F)cc(F)cc1F. The average molecular weight is 270 g/mol. The normalized spacial score (nSPS) is 23.4. The summed E-state index contributed by atoms with van der Waals surface area (Å²) >= 11 is 0. The van der Waals surface area contributed by atoms with E-state index in [1.807, 2.05) is 6.92 Å². The van der Waals surface area contributed by atoms with Crippen LogP contribution in [0.4, 0.5) is 13.2 Å². The van der Waals surface area contributed by atoms with Gasteiger partial charge in [-0.05, 0) is 18.8 Å². The van der Waals surface area contributed by atoms with Crippen LogP contribution in [0.3, 0.4) is 0 Å². The summed E-state index contributed by atoms with van der Waals surface area (Å²) in [5, 5.41) is 0. The summed E-state index contributed by atoms with van der Waals surface area (Å²) in [7, 11) is 0. The molecule has 4 heteroatoms. The zero-order valence-electron chi connectivity index (χ0n) is 10.9. The summed E-state index contributed by atoms with van der Waals surface area (Å²) in [4.78, 5) is 12.3. The topological polar surface area (TPSA) is 17.1 Å². The summed E-state index contributed by atoms with van der Waals surface area (Å²) in [6.45, 7) is 1.98. The van der Waals surface area contributed by atoms with Crippen molar-refractivity contribution in [1.29, 1.82) is 0 Å². The summed E-state index contributed by atoms with van der Waals surface area (Å²) in [5.74, 6) is -3.87. The molecular weight excluding hydrogens is 253 g/mol.